The third kappa shape index (κ3) is 3.51. The summed E-state index contributed by atoms with van der Waals surface area (Å²) in [6.45, 7) is 1.78. The highest BCUT2D eigenvalue weighted by molar-refractivity contribution is 5.90. The van der Waals surface area contributed by atoms with Crippen LogP contribution in [-0.4, -0.2) is 17.7 Å². The summed E-state index contributed by atoms with van der Waals surface area (Å²) in [6, 6.07) is 8.30. The normalized spacial score (nSPS) is 11.6. The molecule has 1 N–H and O–H groups in total. The van der Waals surface area contributed by atoms with Crippen LogP contribution in [-0.2, 0) is 10.9 Å². The summed E-state index contributed by atoms with van der Waals surface area (Å²) in [5.41, 5.74) is -1.86. The highest BCUT2D eigenvalue weighted by atomic mass is 19.4. The number of halogens is 3. The van der Waals surface area contributed by atoms with Gasteiger partial charge in [0.2, 0.25) is 11.2 Å². The molecule has 0 fully saturated rings. The first-order valence-corrected chi connectivity index (χ1v) is 7.87. The Morgan fingerprint density at radius 2 is 1.81 bits per heavy atom. The monoisotopic (exact) mass is 378 g/mol. The van der Waals surface area contributed by atoms with Gasteiger partial charge in [-0.15, -0.1) is 0 Å². The van der Waals surface area contributed by atoms with E-state index in [1.54, 1.807) is 6.92 Å². The first-order valence-electron chi connectivity index (χ1n) is 7.87. The van der Waals surface area contributed by atoms with Gasteiger partial charge < -0.3 is 14.3 Å². The molecule has 0 aliphatic rings. The van der Waals surface area contributed by atoms with E-state index in [1.807, 2.05) is 0 Å². The average Bonchev–Trinajstić information content (AvgIpc) is 2.61. The van der Waals surface area contributed by atoms with E-state index in [0.29, 0.717) is 0 Å². The summed E-state index contributed by atoms with van der Waals surface area (Å²) in [7, 11) is 0. The van der Waals surface area contributed by atoms with Crippen molar-refractivity contribution in [2.24, 2.45) is 0 Å². The lowest BCUT2D eigenvalue weighted by atomic mass is 10.0. The van der Waals surface area contributed by atoms with Crippen molar-refractivity contribution < 1.29 is 32.2 Å². The average molecular weight is 378 g/mol. The van der Waals surface area contributed by atoms with Gasteiger partial charge in [0.1, 0.15) is 11.3 Å². The van der Waals surface area contributed by atoms with E-state index in [2.05, 4.69) is 0 Å². The van der Waals surface area contributed by atoms with Crippen LogP contribution in [0.15, 0.2) is 51.7 Å². The van der Waals surface area contributed by atoms with Gasteiger partial charge in [-0.25, -0.2) is 4.79 Å². The zero-order valence-corrected chi connectivity index (χ0v) is 14.0. The molecule has 1 aromatic heterocycles. The molecule has 3 aromatic rings. The van der Waals surface area contributed by atoms with Gasteiger partial charge in [0.05, 0.1) is 23.1 Å². The minimum atomic E-state index is -4.94. The molecule has 0 unspecified atom stereocenters. The molecule has 8 heteroatoms. The summed E-state index contributed by atoms with van der Waals surface area (Å²) in [6.07, 6.45) is -4.94. The number of hydrogen-bond acceptors (Lipinski definition) is 5. The molecule has 5 nitrogen and oxygen atoms in total. The first-order chi connectivity index (χ1) is 12.7. The van der Waals surface area contributed by atoms with E-state index in [1.165, 1.54) is 36.4 Å². The Morgan fingerprint density at radius 3 is 2.41 bits per heavy atom. The number of rotatable bonds is 3. The molecule has 140 valence electrons. The van der Waals surface area contributed by atoms with Crippen LogP contribution < -0.4 is 5.43 Å². The fraction of sp³-hybridized carbons (Fsp3) is 0.158. The number of benzene rings is 2. The zero-order valence-electron chi connectivity index (χ0n) is 14.0. The number of carbonyl (C=O) groups excluding carboxylic acids is 1. The molecule has 1 heterocycles. The molecule has 0 bridgehead atoms. The van der Waals surface area contributed by atoms with Crippen LogP contribution >= 0.6 is 0 Å². The summed E-state index contributed by atoms with van der Waals surface area (Å²) in [5, 5.41) is 9.33. The van der Waals surface area contributed by atoms with Crippen molar-refractivity contribution in [3.8, 4) is 16.9 Å². The molecule has 0 spiro atoms. The number of hydrogen-bond donors (Lipinski definition) is 1. The van der Waals surface area contributed by atoms with Gasteiger partial charge in [-0.3, -0.25) is 4.79 Å². The largest absolute Gasteiger partial charge is 0.508 e. The number of phenols is 1. The minimum Gasteiger partial charge on any atom is -0.508 e. The number of esters is 1. The topological polar surface area (TPSA) is 76.7 Å². The van der Waals surface area contributed by atoms with Crippen molar-refractivity contribution in [3.63, 3.8) is 0 Å². The maximum absolute atomic E-state index is 13.5. The lowest BCUT2D eigenvalue weighted by molar-refractivity contribution is -0.152. The molecular formula is C19H13F3O5. The quantitative estimate of drug-likeness (QED) is 0.686. The third-order valence-corrected chi connectivity index (χ3v) is 3.82. The van der Waals surface area contributed by atoms with Crippen molar-refractivity contribution in [2.75, 3.05) is 6.61 Å². The zero-order chi connectivity index (χ0) is 19.8. The van der Waals surface area contributed by atoms with E-state index < -0.39 is 28.9 Å². The Kier molecular flexibility index (Phi) is 4.65. The number of aromatic hydroxyl groups is 1. The van der Waals surface area contributed by atoms with Crippen LogP contribution in [0.5, 0.6) is 5.75 Å². The predicted molar refractivity (Wildman–Crippen MR) is 90.5 cm³/mol. The van der Waals surface area contributed by atoms with Crippen LogP contribution in [0.4, 0.5) is 13.2 Å². The van der Waals surface area contributed by atoms with Gasteiger partial charge in [0.25, 0.3) is 0 Å². The predicted octanol–water partition coefficient (Wildman–Crippen LogP) is 4.36. The molecule has 3 rings (SSSR count). The summed E-state index contributed by atoms with van der Waals surface area (Å²) < 4.78 is 50.2. The Balaban J connectivity index is 2.24. The Morgan fingerprint density at radius 1 is 1.15 bits per heavy atom. The van der Waals surface area contributed by atoms with Crippen molar-refractivity contribution in [3.05, 3.63) is 64.0 Å². The second-order valence-electron chi connectivity index (χ2n) is 5.61. The van der Waals surface area contributed by atoms with Crippen LogP contribution in [0.1, 0.15) is 23.0 Å². The van der Waals surface area contributed by atoms with Gasteiger partial charge >= 0.3 is 12.1 Å². The van der Waals surface area contributed by atoms with Crippen molar-refractivity contribution in [2.45, 2.75) is 13.1 Å². The van der Waals surface area contributed by atoms with Gasteiger partial charge in [0, 0.05) is 6.07 Å². The van der Waals surface area contributed by atoms with Gasteiger partial charge in [-0.2, -0.15) is 13.2 Å². The molecule has 0 amide bonds. The van der Waals surface area contributed by atoms with E-state index in [0.717, 1.165) is 6.07 Å². The maximum atomic E-state index is 13.5. The van der Waals surface area contributed by atoms with Gasteiger partial charge in [-0.05, 0) is 36.8 Å². The summed E-state index contributed by atoms with van der Waals surface area (Å²) in [5.74, 6) is -2.43. The number of alkyl halides is 3. The molecular weight excluding hydrogens is 365 g/mol. The number of phenolic OH excluding ortho intramolecular Hbond substituents is 1. The number of ether oxygens (including phenoxy) is 1. The molecule has 0 aliphatic heterocycles. The Labute approximate surface area is 150 Å². The maximum Gasteiger partial charge on any atom is 0.450 e. The Hall–Kier alpha value is -3.29. The highest BCUT2D eigenvalue weighted by Gasteiger charge is 2.39. The van der Waals surface area contributed by atoms with Crippen LogP contribution in [0.3, 0.4) is 0 Å². The molecule has 0 aliphatic carbocycles. The van der Waals surface area contributed by atoms with E-state index in [-0.39, 0.29) is 34.5 Å². The fourth-order valence-electron chi connectivity index (χ4n) is 2.63. The second-order valence-corrected chi connectivity index (χ2v) is 5.61. The smallest absolute Gasteiger partial charge is 0.450 e. The van der Waals surface area contributed by atoms with Crippen LogP contribution in [0, 0.1) is 0 Å². The molecule has 0 atom stereocenters. The standard InChI is InChI=1S/C19H13F3O5/c1-2-26-18(25)11-5-3-10(4-6-11)15-16(24)13-8-7-12(23)9-14(13)27-17(15)19(20,21)22/h3-9,23H,2H2,1H3. The molecule has 0 radical (unpaired) electrons. The molecule has 0 saturated carbocycles. The summed E-state index contributed by atoms with van der Waals surface area (Å²) >= 11 is 0. The van der Waals surface area contributed by atoms with Gasteiger partial charge in [-0.1, -0.05) is 12.1 Å². The lowest BCUT2D eigenvalue weighted by Gasteiger charge is -2.13. The van der Waals surface area contributed by atoms with Gasteiger partial charge in [0.15, 0.2) is 0 Å². The molecule has 27 heavy (non-hydrogen) atoms. The highest BCUT2D eigenvalue weighted by Crippen LogP contribution is 2.37. The van der Waals surface area contributed by atoms with Crippen molar-refractivity contribution >= 4 is 16.9 Å². The first kappa shape index (κ1) is 18.5. The molecule has 2 aromatic carbocycles. The second kappa shape index (κ2) is 6.79. The van der Waals surface area contributed by atoms with E-state index in [4.69, 9.17) is 9.15 Å². The van der Waals surface area contributed by atoms with E-state index in [9.17, 15) is 27.9 Å². The third-order valence-electron chi connectivity index (χ3n) is 3.82. The van der Waals surface area contributed by atoms with E-state index >= 15 is 0 Å². The number of carbonyl (C=O) groups is 1. The lowest BCUT2D eigenvalue weighted by Crippen LogP contribution is -2.16. The SMILES string of the molecule is CCOC(=O)c1ccc(-c2c(C(F)(F)F)oc3cc(O)ccc3c2=O)cc1. The van der Waals surface area contributed by atoms with Crippen molar-refractivity contribution in [1.82, 2.24) is 0 Å². The molecule has 0 saturated heterocycles. The minimum absolute atomic E-state index is 0.0564. The Bertz CT molecular complexity index is 1070. The fourth-order valence-corrected chi connectivity index (χ4v) is 2.63. The van der Waals surface area contributed by atoms with Crippen LogP contribution in [0.2, 0.25) is 0 Å². The van der Waals surface area contributed by atoms with Crippen molar-refractivity contribution in [1.29, 1.82) is 0 Å². The van der Waals surface area contributed by atoms with Crippen LogP contribution in [0.25, 0.3) is 22.1 Å². The summed E-state index contributed by atoms with van der Waals surface area (Å²) in [4.78, 5) is 24.4. The number of fused-ring (bicyclic) bond motifs is 1.